The van der Waals surface area contributed by atoms with Crippen molar-refractivity contribution in [1.29, 1.82) is 0 Å². The largest absolute Gasteiger partial charge is 0.486 e. The second kappa shape index (κ2) is 4.72. The van der Waals surface area contributed by atoms with E-state index in [2.05, 4.69) is 0 Å². The molecule has 1 aromatic rings. The zero-order valence-electron chi connectivity index (χ0n) is 9.80. The van der Waals surface area contributed by atoms with Crippen molar-refractivity contribution >= 4 is 17.7 Å². The van der Waals surface area contributed by atoms with Crippen LogP contribution in [0.3, 0.4) is 0 Å². The average molecular weight is 266 g/mol. The van der Waals surface area contributed by atoms with Gasteiger partial charge in [0.05, 0.1) is 0 Å². The van der Waals surface area contributed by atoms with Crippen LogP contribution in [0.4, 0.5) is 0 Å². The molecule has 1 unspecified atom stereocenters. The van der Waals surface area contributed by atoms with E-state index in [0.717, 1.165) is 23.5 Å². The number of hydrogen-bond acceptors (Lipinski definition) is 4. The highest BCUT2D eigenvalue weighted by Gasteiger charge is 2.37. The van der Waals surface area contributed by atoms with Gasteiger partial charge in [-0.2, -0.15) is 0 Å². The van der Waals surface area contributed by atoms with Crippen molar-refractivity contribution in [3.8, 4) is 11.5 Å². The van der Waals surface area contributed by atoms with Gasteiger partial charge in [0, 0.05) is 4.90 Å². The Bertz CT molecular complexity index is 470. The summed E-state index contributed by atoms with van der Waals surface area (Å²) in [6, 6.07) is 5.62. The number of thioether (sulfide) groups is 1. The predicted octanol–water partition coefficient (Wildman–Crippen LogP) is 2.41. The van der Waals surface area contributed by atoms with Crippen molar-refractivity contribution < 1.29 is 19.4 Å². The van der Waals surface area contributed by atoms with E-state index in [0.29, 0.717) is 24.9 Å². The molecule has 0 radical (unpaired) electrons. The first-order valence-corrected chi connectivity index (χ1v) is 6.91. The quantitative estimate of drug-likeness (QED) is 0.848. The summed E-state index contributed by atoms with van der Waals surface area (Å²) in [6.45, 7) is 1.12. The number of aliphatic carboxylic acids is 1. The summed E-state index contributed by atoms with van der Waals surface area (Å²) >= 11 is 1.41. The van der Waals surface area contributed by atoms with Gasteiger partial charge in [0.2, 0.25) is 0 Å². The normalized spacial score (nSPS) is 19.3. The Morgan fingerprint density at radius 2 is 2.00 bits per heavy atom. The second-order valence-corrected chi connectivity index (χ2v) is 5.73. The molecule has 1 fully saturated rings. The van der Waals surface area contributed by atoms with Crippen LogP contribution in [0.5, 0.6) is 11.5 Å². The molecule has 1 aliphatic heterocycles. The minimum atomic E-state index is -0.725. The lowest BCUT2D eigenvalue weighted by Crippen LogP contribution is -2.18. The van der Waals surface area contributed by atoms with Crippen LogP contribution in [-0.2, 0) is 4.79 Å². The van der Waals surface area contributed by atoms with Crippen LogP contribution in [-0.4, -0.2) is 29.5 Å². The first-order valence-electron chi connectivity index (χ1n) is 6.03. The van der Waals surface area contributed by atoms with Crippen molar-refractivity contribution in [3.63, 3.8) is 0 Å². The molecule has 4 nitrogen and oxygen atoms in total. The number of benzene rings is 1. The summed E-state index contributed by atoms with van der Waals surface area (Å²) in [5.74, 6) is 1.05. The summed E-state index contributed by atoms with van der Waals surface area (Å²) in [4.78, 5) is 12.1. The lowest BCUT2D eigenvalue weighted by atomic mass is 10.3. The van der Waals surface area contributed by atoms with Gasteiger partial charge in [-0.15, -0.1) is 11.8 Å². The van der Waals surface area contributed by atoms with Gasteiger partial charge in [0.1, 0.15) is 18.5 Å². The smallest absolute Gasteiger partial charge is 0.317 e. The Morgan fingerprint density at radius 3 is 2.67 bits per heavy atom. The predicted molar refractivity (Wildman–Crippen MR) is 67.4 cm³/mol. The Hall–Kier alpha value is -1.36. The van der Waals surface area contributed by atoms with Gasteiger partial charge < -0.3 is 14.6 Å². The number of rotatable bonds is 4. The maximum atomic E-state index is 11.2. The zero-order chi connectivity index (χ0) is 12.5. The molecule has 1 N–H and O–H groups in total. The number of carboxylic acids is 1. The van der Waals surface area contributed by atoms with E-state index in [1.807, 2.05) is 18.2 Å². The molecule has 1 aliphatic carbocycles. The molecule has 5 heteroatoms. The molecular weight excluding hydrogens is 252 g/mol. The summed E-state index contributed by atoms with van der Waals surface area (Å²) in [6.07, 6.45) is 2.04. The van der Waals surface area contributed by atoms with Gasteiger partial charge in [0.15, 0.2) is 11.5 Å². The minimum absolute atomic E-state index is 0.320. The standard InChI is InChI=1S/C13H14O4S/c14-13(15)12(8-1-2-8)18-9-3-4-10-11(7-9)17-6-5-16-10/h3-4,7-8,12H,1-2,5-6H2,(H,14,15). The van der Waals surface area contributed by atoms with Crippen LogP contribution in [0.2, 0.25) is 0 Å². The molecule has 0 amide bonds. The lowest BCUT2D eigenvalue weighted by Gasteiger charge is -2.19. The third-order valence-corrected chi connectivity index (χ3v) is 4.44. The zero-order valence-corrected chi connectivity index (χ0v) is 10.6. The van der Waals surface area contributed by atoms with Crippen LogP contribution in [0.1, 0.15) is 12.8 Å². The summed E-state index contributed by atoms with van der Waals surface area (Å²) in [5, 5.41) is 8.87. The van der Waals surface area contributed by atoms with Crippen molar-refractivity contribution in [2.45, 2.75) is 23.0 Å². The molecule has 0 spiro atoms. The van der Waals surface area contributed by atoms with Crippen LogP contribution in [0, 0.1) is 5.92 Å². The number of carboxylic acid groups (broad SMARTS) is 1. The topological polar surface area (TPSA) is 55.8 Å². The fourth-order valence-corrected chi connectivity index (χ4v) is 3.17. The highest BCUT2D eigenvalue weighted by molar-refractivity contribution is 8.00. The molecule has 1 heterocycles. The maximum absolute atomic E-state index is 11.2. The van der Waals surface area contributed by atoms with Gasteiger partial charge in [-0.3, -0.25) is 4.79 Å². The van der Waals surface area contributed by atoms with Crippen molar-refractivity contribution in [3.05, 3.63) is 18.2 Å². The summed E-state index contributed by atoms with van der Waals surface area (Å²) in [5.41, 5.74) is 0. The van der Waals surface area contributed by atoms with Gasteiger partial charge in [-0.1, -0.05) is 0 Å². The molecule has 2 aliphatic rings. The maximum Gasteiger partial charge on any atom is 0.317 e. The van der Waals surface area contributed by atoms with E-state index in [1.165, 1.54) is 11.8 Å². The van der Waals surface area contributed by atoms with E-state index in [-0.39, 0.29) is 5.25 Å². The molecule has 1 aromatic carbocycles. The molecular formula is C13H14O4S. The monoisotopic (exact) mass is 266 g/mol. The third kappa shape index (κ3) is 2.41. The highest BCUT2D eigenvalue weighted by atomic mass is 32.2. The van der Waals surface area contributed by atoms with E-state index in [9.17, 15) is 9.90 Å². The third-order valence-electron chi connectivity index (χ3n) is 3.07. The molecule has 3 rings (SSSR count). The molecule has 96 valence electrons. The van der Waals surface area contributed by atoms with Gasteiger partial charge in [-0.25, -0.2) is 0 Å². The van der Waals surface area contributed by atoms with Crippen molar-refractivity contribution in [2.75, 3.05) is 13.2 Å². The van der Waals surface area contributed by atoms with Crippen LogP contribution < -0.4 is 9.47 Å². The van der Waals surface area contributed by atoms with Crippen molar-refractivity contribution in [1.82, 2.24) is 0 Å². The van der Waals surface area contributed by atoms with Crippen molar-refractivity contribution in [2.24, 2.45) is 5.92 Å². The van der Waals surface area contributed by atoms with Gasteiger partial charge >= 0.3 is 5.97 Å². The molecule has 0 bridgehead atoms. The van der Waals surface area contributed by atoms with Crippen LogP contribution in [0.15, 0.2) is 23.1 Å². The Morgan fingerprint density at radius 1 is 1.28 bits per heavy atom. The minimum Gasteiger partial charge on any atom is -0.486 e. The van der Waals surface area contributed by atoms with Crippen LogP contribution in [0.25, 0.3) is 0 Å². The van der Waals surface area contributed by atoms with E-state index < -0.39 is 5.97 Å². The molecule has 0 aromatic heterocycles. The summed E-state index contributed by atoms with van der Waals surface area (Å²) < 4.78 is 10.9. The van der Waals surface area contributed by atoms with Gasteiger partial charge in [0.25, 0.3) is 0 Å². The van der Waals surface area contributed by atoms with Gasteiger partial charge in [-0.05, 0) is 37.0 Å². The Labute approximate surface area is 109 Å². The summed E-state index contributed by atoms with van der Waals surface area (Å²) in [7, 11) is 0. The fourth-order valence-electron chi connectivity index (χ4n) is 1.99. The molecule has 1 atom stereocenters. The van der Waals surface area contributed by atoms with E-state index in [1.54, 1.807) is 0 Å². The lowest BCUT2D eigenvalue weighted by molar-refractivity contribution is -0.136. The molecule has 18 heavy (non-hydrogen) atoms. The van der Waals surface area contributed by atoms with Crippen LogP contribution >= 0.6 is 11.8 Å². The van der Waals surface area contributed by atoms with E-state index >= 15 is 0 Å². The van der Waals surface area contributed by atoms with E-state index in [4.69, 9.17) is 9.47 Å². The number of hydrogen-bond donors (Lipinski definition) is 1. The fraction of sp³-hybridized carbons (Fsp3) is 0.462. The molecule has 1 saturated carbocycles. The highest BCUT2D eigenvalue weighted by Crippen LogP contribution is 2.43. The Balaban J connectivity index is 1.77. The average Bonchev–Trinajstić information content (AvgIpc) is 3.19. The second-order valence-electron chi connectivity index (χ2n) is 4.52. The first-order chi connectivity index (χ1) is 8.74. The Kier molecular flexibility index (Phi) is 3.07. The number of carbonyl (C=O) groups is 1. The molecule has 0 saturated heterocycles. The SMILES string of the molecule is O=C(O)C(Sc1ccc2c(c1)OCCO2)C1CC1. The number of ether oxygens (including phenoxy) is 2. The first kappa shape index (κ1) is 11.7. The number of fused-ring (bicyclic) bond motifs is 1.